The number of carbonyl (C=O) groups excluding carboxylic acids is 7. The van der Waals surface area contributed by atoms with Gasteiger partial charge in [-0.3, -0.25) is 33.6 Å². The van der Waals surface area contributed by atoms with Gasteiger partial charge in [0.1, 0.15) is 41.7 Å². The van der Waals surface area contributed by atoms with Crippen molar-refractivity contribution in [3.05, 3.63) is 102 Å². The van der Waals surface area contributed by atoms with E-state index in [0.717, 1.165) is 10.5 Å². The van der Waals surface area contributed by atoms with Gasteiger partial charge in [-0.2, -0.15) is 0 Å². The Kier molecular flexibility index (Phi) is 22.8. The van der Waals surface area contributed by atoms with Crippen molar-refractivity contribution in [2.45, 2.75) is 123 Å². The summed E-state index contributed by atoms with van der Waals surface area (Å²) in [4.78, 5) is 123. The van der Waals surface area contributed by atoms with Gasteiger partial charge < -0.3 is 56.9 Å². The molecule has 2 aromatic carbocycles. The Morgan fingerprint density at radius 2 is 1.36 bits per heavy atom. The first-order valence-corrected chi connectivity index (χ1v) is 23.8. The Morgan fingerprint density at radius 3 is 1.94 bits per heavy atom. The number of phenols is 1. The summed E-state index contributed by atoms with van der Waals surface area (Å²) in [6.07, 6.45) is 4.40. The average molecular weight is 1000 g/mol. The van der Waals surface area contributed by atoms with Crippen molar-refractivity contribution >= 4 is 53.3 Å². The monoisotopic (exact) mass is 1000 g/mol. The number of methoxy groups -OCH3 is 1. The summed E-state index contributed by atoms with van der Waals surface area (Å²) in [5.41, 5.74) is 1.81. The maximum Gasteiger partial charge on any atom is 0.327 e. The molecule has 20 heteroatoms. The minimum absolute atomic E-state index is 0.00296. The average Bonchev–Trinajstić information content (AvgIpc) is 3.33. The van der Waals surface area contributed by atoms with Crippen LogP contribution in [0.15, 0.2) is 90.7 Å². The molecule has 4 unspecified atom stereocenters. The highest BCUT2D eigenvalue weighted by molar-refractivity contribution is 6.00. The van der Waals surface area contributed by atoms with E-state index in [1.165, 1.54) is 58.2 Å². The maximum absolute atomic E-state index is 14.5. The number of aromatic hydroxyl groups is 1. The van der Waals surface area contributed by atoms with Crippen LogP contribution in [0.3, 0.4) is 0 Å². The molecule has 1 saturated heterocycles. The number of nitrogens with one attached hydrogen (secondary N) is 6. The van der Waals surface area contributed by atoms with Gasteiger partial charge in [-0.05, 0) is 62.3 Å². The van der Waals surface area contributed by atoms with Crippen LogP contribution < -0.4 is 31.9 Å². The number of rotatable bonds is 13. The van der Waals surface area contributed by atoms with Gasteiger partial charge in [-0.25, -0.2) is 9.59 Å². The summed E-state index contributed by atoms with van der Waals surface area (Å²) in [5.74, 6) is -12.5. The second-order valence-corrected chi connectivity index (χ2v) is 18.7. The van der Waals surface area contributed by atoms with Gasteiger partial charge in [-0.15, -0.1) is 0 Å². The molecule has 1 fully saturated rings. The molecule has 0 saturated carbocycles. The quantitative estimate of drug-likeness (QED) is 0.103. The van der Waals surface area contributed by atoms with Gasteiger partial charge in [0.2, 0.25) is 35.4 Å². The van der Waals surface area contributed by atoms with E-state index in [1.54, 1.807) is 34.0 Å². The van der Waals surface area contributed by atoms with Gasteiger partial charge >= 0.3 is 11.9 Å². The van der Waals surface area contributed by atoms with Crippen LogP contribution in [-0.4, -0.2) is 130 Å². The number of benzene rings is 2. The molecule has 1 aliphatic rings. The molecule has 0 bridgehead atoms. The number of amides is 7. The zero-order valence-corrected chi connectivity index (χ0v) is 42.4. The molecule has 1 heterocycles. The fourth-order valence-corrected chi connectivity index (χ4v) is 7.76. The van der Waals surface area contributed by atoms with Gasteiger partial charge in [0.25, 0.3) is 5.91 Å². The topological polar surface area (TPSA) is 299 Å². The fourth-order valence-electron chi connectivity index (χ4n) is 7.76. The van der Waals surface area contributed by atoms with E-state index in [1.807, 2.05) is 43.3 Å². The SMILES string of the molecule is C=C1C(=O)N[C@H](C)C(=O)N[C@@H](CC(C)C)C(=O)NC(C(=O)O)[C@H](C)C(=O)NC(Cc2ccc(O)cc2)C(=O)NC(/C=C/C(C)=C/[C@H](C)[C@H](Cc2ccccc2)OC)C(C)C(=O)N[C@@H](C(=O)O)CCC(=O)N1C. The highest BCUT2D eigenvalue weighted by Gasteiger charge is 2.37. The molecular weight excluding hydrogens is 931 g/mol. The van der Waals surface area contributed by atoms with Crippen molar-refractivity contribution in [1.82, 2.24) is 36.8 Å². The van der Waals surface area contributed by atoms with E-state index in [9.17, 15) is 58.5 Å². The fraction of sp³-hybridized carbons (Fsp3) is 0.481. The molecule has 10 atom stereocenters. The van der Waals surface area contributed by atoms with Crippen LogP contribution in [0.25, 0.3) is 0 Å². The van der Waals surface area contributed by atoms with E-state index in [2.05, 4.69) is 38.5 Å². The Hall–Kier alpha value is -7.35. The molecule has 0 aliphatic carbocycles. The summed E-state index contributed by atoms with van der Waals surface area (Å²) >= 11 is 0. The van der Waals surface area contributed by atoms with Crippen LogP contribution in [0.5, 0.6) is 5.75 Å². The number of carboxylic acid groups (broad SMARTS) is 2. The van der Waals surface area contributed by atoms with Crippen molar-refractivity contribution in [3.8, 4) is 5.75 Å². The zero-order valence-electron chi connectivity index (χ0n) is 42.4. The van der Waals surface area contributed by atoms with Crippen LogP contribution in [0.2, 0.25) is 0 Å². The second kappa shape index (κ2) is 27.9. The molecule has 2 aromatic rings. The van der Waals surface area contributed by atoms with Crippen molar-refractivity contribution < 1.29 is 63.2 Å². The number of carbonyl (C=O) groups is 9. The summed E-state index contributed by atoms with van der Waals surface area (Å²) in [7, 11) is 2.82. The van der Waals surface area contributed by atoms with Gasteiger partial charge in [-0.1, -0.05) is 107 Å². The molecule has 0 spiro atoms. The molecule has 1 aliphatic heterocycles. The number of hydrogen-bond acceptors (Lipinski definition) is 11. The molecule has 3 rings (SSSR count). The molecule has 20 nitrogen and oxygen atoms in total. The van der Waals surface area contributed by atoms with Crippen LogP contribution in [0, 0.1) is 23.7 Å². The highest BCUT2D eigenvalue weighted by atomic mass is 16.5. The van der Waals surface area contributed by atoms with E-state index in [0.29, 0.717) is 17.6 Å². The van der Waals surface area contributed by atoms with Gasteiger partial charge in [0.15, 0.2) is 0 Å². The largest absolute Gasteiger partial charge is 0.508 e. The molecule has 7 amide bonds. The van der Waals surface area contributed by atoms with Crippen molar-refractivity contribution in [3.63, 3.8) is 0 Å². The van der Waals surface area contributed by atoms with Crippen molar-refractivity contribution in [1.29, 1.82) is 0 Å². The van der Waals surface area contributed by atoms with Crippen LogP contribution in [0.1, 0.15) is 78.9 Å². The number of ether oxygens (including phenoxy) is 1. The summed E-state index contributed by atoms with van der Waals surface area (Å²) < 4.78 is 5.82. The Balaban J connectivity index is 2.15. The van der Waals surface area contributed by atoms with Crippen LogP contribution >= 0.6 is 0 Å². The Labute approximate surface area is 420 Å². The Bertz CT molecular complexity index is 2340. The number of nitrogens with zero attached hydrogens (tertiary/aromatic N) is 1. The van der Waals surface area contributed by atoms with Crippen LogP contribution in [-0.2, 0) is 60.7 Å². The zero-order chi connectivity index (χ0) is 54.0. The minimum Gasteiger partial charge on any atom is -0.508 e. The number of hydrogen-bond donors (Lipinski definition) is 9. The first-order valence-electron chi connectivity index (χ1n) is 23.8. The summed E-state index contributed by atoms with van der Waals surface area (Å²) in [6, 6.07) is 6.61. The molecule has 9 N–H and O–H groups in total. The molecule has 0 radical (unpaired) electrons. The smallest absolute Gasteiger partial charge is 0.327 e. The summed E-state index contributed by atoms with van der Waals surface area (Å²) in [5, 5.41) is 45.6. The standard InChI is InChI=1S/C52H71N7O13/c1-28(2)24-40-50(67)58-44(52(70)71)32(6)46(63)56-41(26-36-17-19-37(60)20-18-36)49(66)54-38(21-16-29(3)25-30(4)42(72-10)27-35-14-12-11-13-15-35)31(5)45(62)55-39(51(68)69)22-23-43(61)59(9)34(8)48(65)53-33(7)47(64)57-40/h11-21,25,28,30-33,38-42,44,60H,8,22-24,26-27H2,1-7,9-10H3,(H,53,65)(H,54,66)(H,55,62)(H,56,63)(H,57,64)(H,58,67)(H,68,69)(H,70,71)/b21-16+,29-25+/t30-,31?,32-,33+,38?,39+,40-,41?,42-,44?/m0/s1. The molecule has 72 heavy (non-hydrogen) atoms. The predicted molar refractivity (Wildman–Crippen MR) is 266 cm³/mol. The number of allylic oxidation sites excluding steroid dienone is 2. The minimum atomic E-state index is -1.89. The van der Waals surface area contributed by atoms with Gasteiger partial charge in [0.05, 0.1) is 24.0 Å². The lowest BCUT2D eigenvalue weighted by Crippen LogP contribution is -2.59. The van der Waals surface area contributed by atoms with Gasteiger partial charge in [0, 0.05) is 32.9 Å². The van der Waals surface area contributed by atoms with Crippen molar-refractivity contribution in [2.24, 2.45) is 23.7 Å². The predicted octanol–water partition coefficient (Wildman–Crippen LogP) is 2.51. The lowest BCUT2D eigenvalue weighted by Gasteiger charge is -2.29. The third-order valence-corrected chi connectivity index (χ3v) is 12.4. The lowest BCUT2D eigenvalue weighted by atomic mass is 9.94. The number of likely N-dealkylation sites (N-methyl/N-ethyl adjacent to an activating group) is 1. The Morgan fingerprint density at radius 1 is 0.764 bits per heavy atom. The van der Waals surface area contributed by atoms with E-state index < -0.39 is 120 Å². The number of phenolic OH excluding ortho intramolecular Hbond substituents is 1. The van der Waals surface area contributed by atoms with E-state index in [-0.39, 0.29) is 36.5 Å². The van der Waals surface area contributed by atoms with Crippen LogP contribution in [0.4, 0.5) is 0 Å². The number of carboxylic acids is 2. The van der Waals surface area contributed by atoms with E-state index >= 15 is 0 Å². The maximum atomic E-state index is 14.5. The normalized spacial score (nSPS) is 25.2. The molecule has 0 aromatic heterocycles. The lowest BCUT2D eigenvalue weighted by molar-refractivity contribution is -0.146. The third-order valence-electron chi connectivity index (χ3n) is 12.4. The molecule has 392 valence electrons. The summed E-state index contributed by atoms with van der Waals surface area (Å²) in [6.45, 7) is 14.9. The number of aliphatic carboxylic acids is 2. The first-order chi connectivity index (χ1) is 33.8. The van der Waals surface area contributed by atoms with Crippen molar-refractivity contribution in [2.75, 3.05) is 14.2 Å². The molecular formula is C52H71N7O13. The third kappa shape index (κ3) is 18.1. The highest BCUT2D eigenvalue weighted by Crippen LogP contribution is 2.19. The second-order valence-electron chi connectivity index (χ2n) is 18.7. The first kappa shape index (κ1) is 59.0. The van der Waals surface area contributed by atoms with E-state index in [4.69, 9.17) is 4.74 Å².